The number of nitrogens with one attached hydrogen (secondary N) is 1. The number of aromatic nitrogens is 3. The number of rotatable bonds is 3. The fourth-order valence-electron chi connectivity index (χ4n) is 1.67. The summed E-state index contributed by atoms with van der Waals surface area (Å²) in [6.45, 7) is 7.74. The second kappa shape index (κ2) is 7.50. The molecule has 110 valence electrons. The molecule has 0 aliphatic carbocycles. The lowest BCUT2D eigenvalue weighted by molar-refractivity contribution is 0.564. The first-order valence-corrected chi connectivity index (χ1v) is 7.39. The summed E-state index contributed by atoms with van der Waals surface area (Å²) < 4.78 is 16.0. The Kier molecular flexibility index (Phi) is 6.29. The predicted molar refractivity (Wildman–Crippen MR) is 82.6 cm³/mol. The molecule has 1 N–H and O–H groups in total. The molecular weight excluding hydrogens is 323 g/mol. The third kappa shape index (κ3) is 3.43. The van der Waals surface area contributed by atoms with Gasteiger partial charge in [0.1, 0.15) is 17.3 Å². The van der Waals surface area contributed by atoms with E-state index < -0.39 is 0 Å². The minimum Gasteiger partial charge on any atom is -0.311 e. The Balaban J connectivity index is 0.000000956. The minimum absolute atomic E-state index is 0.00965. The Morgan fingerprint density at radius 2 is 2.00 bits per heavy atom. The maximum absolute atomic E-state index is 14.1. The average molecular weight is 343 g/mol. The van der Waals surface area contributed by atoms with Gasteiger partial charge in [-0.2, -0.15) is 5.10 Å². The largest absolute Gasteiger partial charge is 0.311 e. The van der Waals surface area contributed by atoms with Crippen LogP contribution in [0, 0.1) is 12.7 Å². The number of halogens is 2. The van der Waals surface area contributed by atoms with Crippen LogP contribution in [0.15, 0.2) is 22.7 Å². The van der Waals surface area contributed by atoms with Crippen LogP contribution in [-0.2, 0) is 0 Å². The monoisotopic (exact) mass is 342 g/mol. The summed E-state index contributed by atoms with van der Waals surface area (Å²) >= 11 is 3.18. The normalized spacial score (nSPS) is 11.8. The Morgan fingerprint density at radius 1 is 1.35 bits per heavy atom. The average Bonchev–Trinajstić information content (AvgIpc) is 2.85. The van der Waals surface area contributed by atoms with E-state index >= 15 is 0 Å². The number of benzene rings is 1. The highest BCUT2D eigenvalue weighted by Crippen LogP contribution is 2.23. The molecule has 0 aliphatic rings. The van der Waals surface area contributed by atoms with Crippen LogP contribution in [0.1, 0.15) is 38.5 Å². The van der Waals surface area contributed by atoms with Crippen molar-refractivity contribution in [3.05, 3.63) is 40.1 Å². The van der Waals surface area contributed by atoms with Crippen molar-refractivity contribution >= 4 is 15.9 Å². The van der Waals surface area contributed by atoms with Crippen molar-refractivity contribution in [2.45, 2.75) is 33.7 Å². The number of nitrogens with zero attached hydrogens (tertiary/aromatic N) is 3. The Bertz CT molecular complexity index is 568. The molecule has 1 aromatic carbocycles. The Labute approximate surface area is 127 Å². The zero-order valence-corrected chi connectivity index (χ0v) is 14.0. The van der Waals surface area contributed by atoms with E-state index in [1.165, 1.54) is 4.68 Å². The van der Waals surface area contributed by atoms with Crippen molar-refractivity contribution in [1.29, 1.82) is 0 Å². The van der Waals surface area contributed by atoms with Gasteiger partial charge in [0.25, 0.3) is 0 Å². The van der Waals surface area contributed by atoms with Gasteiger partial charge in [-0.05, 0) is 49.0 Å². The van der Waals surface area contributed by atoms with E-state index in [9.17, 15) is 4.39 Å². The molecule has 0 amide bonds. The van der Waals surface area contributed by atoms with Crippen LogP contribution in [0.25, 0.3) is 5.69 Å². The van der Waals surface area contributed by atoms with Crippen molar-refractivity contribution in [1.82, 2.24) is 20.1 Å². The molecule has 1 aromatic heterocycles. The molecule has 6 heteroatoms. The van der Waals surface area contributed by atoms with E-state index in [2.05, 4.69) is 31.3 Å². The Morgan fingerprint density at radius 3 is 2.60 bits per heavy atom. The molecule has 2 aromatic rings. The van der Waals surface area contributed by atoms with Gasteiger partial charge in [-0.25, -0.2) is 14.1 Å². The molecule has 0 radical (unpaired) electrons. The highest BCUT2D eigenvalue weighted by Gasteiger charge is 2.18. The van der Waals surface area contributed by atoms with Gasteiger partial charge in [0.2, 0.25) is 0 Å². The van der Waals surface area contributed by atoms with Crippen LogP contribution < -0.4 is 5.32 Å². The smallest absolute Gasteiger partial charge is 0.163 e. The van der Waals surface area contributed by atoms with Gasteiger partial charge in [-0.1, -0.05) is 19.9 Å². The maximum Gasteiger partial charge on any atom is 0.163 e. The van der Waals surface area contributed by atoms with E-state index in [1.54, 1.807) is 25.1 Å². The zero-order chi connectivity index (χ0) is 15.3. The van der Waals surface area contributed by atoms with Gasteiger partial charge in [0, 0.05) is 0 Å². The second-order valence-corrected chi connectivity index (χ2v) is 4.87. The summed E-state index contributed by atoms with van der Waals surface area (Å²) in [5, 5.41) is 7.34. The van der Waals surface area contributed by atoms with E-state index in [4.69, 9.17) is 0 Å². The van der Waals surface area contributed by atoms with Crippen molar-refractivity contribution in [3.63, 3.8) is 0 Å². The quantitative estimate of drug-likeness (QED) is 0.922. The fourth-order valence-corrected chi connectivity index (χ4v) is 2.03. The van der Waals surface area contributed by atoms with Gasteiger partial charge in [0.15, 0.2) is 5.82 Å². The van der Waals surface area contributed by atoms with Crippen LogP contribution in [0.5, 0.6) is 0 Å². The molecule has 2 rings (SSSR count). The highest BCUT2D eigenvalue weighted by molar-refractivity contribution is 9.10. The van der Waals surface area contributed by atoms with Gasteiger partial charge in [0.05, 0.1) is 10.5 Å². The summed E-state index contributed by atoms with van der Waals surface area (Å²) in [5.74, 6) is 0.963. The number of hydrogen-bond donors (Lipinski definition) is 1. The molecule has 0 fully saturated rings. The lowest BCUT2D eigenvalue weighted by Gasteiger charge is -2.12. The molecule has 1 heterocycles. The van der Waals surface area contributed by atoms with E-state index in [0.29, 0.717) is 21.8 Å². The summed E-state index contributed by atoms with van der Waals surface area (Å²) in [4.78, 5) is 4.34. The highest BCUT2D eigenvalue weighted by atomic mass is 79.9. The standard InChI is InChI=1S/C12H14BrFN4.C2H6/c1-7(15-3)12-16-8(2)17-18(12)10-6-4-5-9(13)11(10)14;1-2/h4-7,15H,1-3H3;1-2H3/t7-;/m0./s1. The van der Waals surface area contributed by atoms with Crippen molar-refractivity contribution in [3.8, 4) is 5.69 Å². The molecule has 1 atom stereocenters. The summed E-state index contributed by atoms with van der Waals surface area (Å²) in [6.07, 6.45) is 0. The topological polar surface area (TPSA) is 42.7 Å². The molecule has 0 bridgehead atoms. The summed E-state index contributed by atoms with van der Waals surface area (Å²) in [5.41, 5.74) is 0.391. The second-order valence-electron chi connectivity index (χ2n) is 4.01. The first kappa shape index (κ1) is 16.8. The van der Waals surface area contributed by atoms with Gasteiger partial charge >= 0.3 is 0 Å². The summed E-state index contributed by atoms with van der Waals surface area (Å²) in [7, 11) is 1.83. The SMILES string of the molecule is CC.CN[C@@H](C)c1nc(C)nn1-c1cccc(Br)c1F. The van der Waals surface area contributed by atoms with Gasteiger partial charge < -0.3 is 5.32 Å². The third-order valence-electron chi connectivity index (χ3n) is 2.72. The molecule has 0 saturated carbocycles. The molecular formula is C14H20BrFN4. The third-order valence-corrected chi connectivity index (χ3v) is 3.33. The van der Waals surface area contributed by atoms with Crippen molar-refractivity contribution in [2.24, 2.45) is 0 Å². The first-order valence-electron chi connectivity index (χ1n) is 6.59. The van der Waals surface area contributed by atoms with Crippen LogP contribution in [0.4, 0.5) is 4.39 Å². The predicted octanol–water partition coefficient (Wildman–Crippen LogP) is 3.78. The molecule has 20 heavy (non-hydrogen) atoms. The summed E-state index contributed by atoms with van der Waals surface area (Å²) in [6, 6.07) is 5.10. The molecule has 4 nitrogen and oxygen atoms in total. The molecule has 0 spiro atoms. The Hall–Kier alpha value is -1.27. The lowest BCUT2D eigenvalue weighted by atomic mass is 10.2. The number of hydrogen-bond acceptors (Lipinski definition) is 3. The van der Waals surface area contributed by atoms with Crippen LogP contribution >= 0.6 is 15.9 Å². The minimum atomic E-state index is -0.341. The maximum atomic E-state index is 14.1. The van der Waals surface area contributed by atoms with Crippen LogP contribution in [0.2, 0.25) is 0 Å². The molecule has 0 saturated heterocycles. The van der Waals surface area contributed by atoms with E-state index in [1.807, 2.05) is 27.8 Å². The van der Waals surface area contributed by atoms with E-state index in [-0.39, 0.29) is 11.9 Å². The molecule has 0 aliphatic heterocycles. The fraction of sp³-hybridized carbons (Fsp3) is 0.429. The van der Waals surface area contributed by atoms with Crippen molar-refractivity contribution in [2.75, 3.05) is 7.05 Å². The first-order chi connectivity index (χ1) is 9.54. The van der Waals surface area contributed by atoms with Gasteiger partial charge in [-0.3, -0.25) is 0 Å². The van der Waals surface area contributed by atoms with E-state index in [0.717, 1.165) is 0 Å². The lowest BCUT2D eigenvalue weighted by Crippen LogP contribution is -2.18. The van der Waals surface area contributed by atoms with Crippen LogP contribution in [0.3, 0.4) is 0 Å². The van der Waals surface area contributed by atoms with Crippen molar-refractivity contribution < 1.29 is 4.39 Å². The number of aryl methyl sites for hydroxylation is 1. The zero-order valence-electron chi connectivity index (χ0n) is 12.4. The van der Waals surface area contributed by atoms with Gasteiger partial charge in [-0.15, -0.1) is 0 Å². The van der Waals surface area contributed by atoms with Crippen LogP contribution in [-0.4, -0.2) is 21.8 Å². The molecule has 0 unspecified atom stereocenters.